The number of nitrogens with zero attached hydrogens (tertiary/aromatic N) is 2. The topological polar surface area (TPSA) is 61.0 Å². The van der Waals surface area contributed by atoms with Crippen molar-refractivity contribution in [1.82, 2.24) is 14.9 Å². The highest BCUT2D eigenvalue weighted by Gasteiger charge is 2.26. The Labute approximate surface area is 163 Å². The molecule has 3 aromatic rings. The number of imidazole rings is 1. The number of thioether (sulfide) groups is 1. The lowest BCUT2D eigenvalue weighted by molar-refractivity contribution is 0.191. The summed E-state index contributed by atoms with van der Waals surface area (Å²) in [6.07, 6.45) is 4.07. The largest absolute Gasteiger partial charge is 0.342 e. The lowest BCUT2D eigenvalue weighted by Crippen LogP contribution is -2.41. The van der Waals surface area contributed by atoms with Crippen LogP contribution >= 0.6 is 11.8 Å². The smallest absolute Gasteiger partial charge is 0.321 e. The van der Waals surface area contributed by atoms with E-state index >= 15 is 0 Å². The first-order valence-corrected chi connectivity index (χ1v) is 10.5. The Bertz CT molecular complexity index is 950. The second-order valence-corrected chi connectivity index (χ2v) is 7.97. The maximum absolute atomic E-state index is 12.7. The van der Waals surface area contributed by atoms with E-state index in [-0.39, 0.29) is 11.9 Å². The van der Waals surface area contributed by atoms with E-state index in [1.54, 1.807) is 11.8 Å². The van der Waals surface area contributed by atoms with Gasteiger partial charge in [-0.3, -0.25) is 0 Å². The lowest BCUT2D eigenvalue weighted by atomic mass is 9.97. The summed E-state index contributed by atoms with van der Waals surface area (Å²) in [6, 6.07) is 14.2. The minimum atomic E-state index is -0.0384. The van der Waals surface area contributed by atoms with E-state index < -0.39 is 0 Å². The third-order valence-corrected chi connectivity index (χ3v) is 5.84. The van der Waals surface area contributed by atoms with Gasteiger partial charge in [-0.1, -0.05) is 6.07 Å². The lowest BCUT2D eigenvalue weighted by Gasteiger charge is -2.31. The average Bonchev–Trinajstić information content (AvgIpc) is 3.12. The number of likely N-dealkylation sites (tertiary alicyclic amines) is 1. The van der Waals surface area contributed by atoms with Crippen LogP contribution in [0.2, 0.25) is 0 Å². The maximum atomic E-state index is 12.7. The fraction of sp³-hybridized carbons (Fsp3) is 0.333. The number of carbonyl (C=O) groups is 1. The van der Waals surface area contributed by atoms with Crippen molar-refractivity contribution in [2.75, 3.05) is 24.7 Å². The van der Waals surface area contributed by atoms with Crippen LogP contribution in [0.1, 0.15) is 30.1 Å². The highest BCUT2D eigenvalue weighted by molar-refractivity contribution is 7.98. The fourth-order valence-electron chi connectivity index (χ4n) is 3.60. The molecule has 0 aliphatic carbocycles. The molecule has 0 spiro atoms. The molecule has 1 aliphatic heterocycles. The number of urea groups is 1. The third-order valence-electron chi connectivity index (χ3n) is 5.09. The Morgan fingerprint density at radius 2 is 2.07 bits per heavy atom. The van der Waals surface area contributed by atoms with Gasteiger partial charge in [0.2, 0.25) is 0 Å². The molecule has 0 saturated carbocycles. The standard InChI is InChI=1S/C21H24N4OS/c1-14-5-10-18-19(12-14)24-20(23-18)15-4-3-11-25(13-15)21(26)22-16-6-8-17(27-2)9-7-16/h5-10,12,15H,3-4,11,13H2,1-2H3,(H,22,26)(H,23,24)/t15-/m0/s1. The number of hydrogen-bond donors (Lipinski definition) is 2. The number of aromatic amines is 1. The summed E-state index contributed by atoms with van der Waals surface area (Å²) < 4.78 is 0. The molecule has 0 unspecified atom stereocenters. The summed E-state index contributed by atoms with van der Waals surface area (Å²) in [5, 5.41) is 3.02. The molecule has 1 saturated heterocycles. The van der Waals surface area contributed by atoms with Crippen LogP contribution < -0.4 is 5.32 Å². The van der Waals surface area contributed by atoms with Crippen LogP contribution in [-0.4, -0.2) is 40.2 Å². The minimum absolute atomic E-state index is 0.0384. The SMILES string of the molecule is CSc1ccc(NC(=O)N2CCC[C@H](c3nc4ccc(C)cc4[nH]3)C2)cc1. The number of piperidine rings is 1. The molecule has 0 radical (unpaired) electrons. The zero-order valence-corrected chi connectivity index (χ0v) is 16.5. The summed E-state index contributed by atoms with van der Waals surface area (Å²) in [7, 11) is 0. The summed E-state index contributed by atoms with van der Waals surface area (Å²) in [6.45, 7) is 3.55. The summed E-state index contributed by atoms with van der Waals surface area (Å²) in [5.41, 5.74) is 4.11. The molecule has 1 atom stereocenters. The van der Waals surface area contributed by atoms with Crippen molar-refractivity contribution >= 4 is 34.5 Å². The Balaban J connectivity index is 1.45. The Hall–Kier alpha value is -2.47. The van der Waals surface area contributed by atoms with Gasteiger partial charge in [-0.05, 0) is 68.0 Å². The molecule has 0 bridgehead atoms. The van der Waals surface area contributed by atoms with E-state index in [9.17, 15) is 4.79 Å². The highest BCUT2D eigenvalue weighted by atomic mass is 32.2. The first-order chi connectivity index (χ1) is 13.1. The van der Waals surface area contributed by atoms with Crippen molar-refractivity contribution in [3.05, 3.63) is 53.9 Å². The van der Waals surface area contributed by atoms with Crippen LogP contribution in [0.15, 0.2) is 47.4 Å². The van der Waals surface area contributed by atoms with E-state index in [0.29, 0.717) is 6.54 Å². The number of fused-ring (bicyclic) bond motifs is 1. The highest BCUT2D eigenvalue weighted by Crippen LogP contribution is 2.27. The Morgan fingerprint density at radius 1 is 1.26 bits per heavy atom. The summed E-state index contributed by atoms with van der Waals surface area (Å²) in [5.74, 6) is 1.23. The summed E-state index contributed by atoms with van der Waals surface area (Å²) >= 11 is 1.69. The number of aryl methyl sites for hydroxylation is 1. The van der Waals surface area contributed by atoms with Crippen LogP contribution in [0, 0.1) is 6.92 Å². The molecule has 2 amide bonds. The van der Waals surface area contributed by atoms with Crippen LogP contribution in [0.5, 0.6) is 0 Å². The average molecular weight is 381 g/mol. The van der Waals surface area contributed by atoms with E-state index in [1.807, 2.05) is 35.4 Å². The predicted molar refractivity (Wildman–Crippen MR) is 112 cm³/mol. The van der Waals surface area contributed by atoms with Gasteiger partial charge >= 0.3 is 6.03 Å². The van der Waals surface area contributed by atoms with Crippen LogP contribution in [0.4, 0.5) is 10.5 Å². The molecular weight excluding hydrogens is 356 g/mol. The molecule has 1 aliphatic rings. The van der Waals surface area contributed by atoms with Gasteiger partial charge in [-0.25, -0.2) is 9.78 Å². The van der Waals surface area contributed by atoms with Gasteiger partial charge in [0, 0.05) is 29.6 Å². The zero-order chi connectivity index (χ0) is 18.8. The number of hydrogen-bond acceptors (Lipinski definition) is 3. The number of anilines is 1. The second-order valence-electron chi connectivity index (χ2n) is 7.09. The molecule has 5 nitrogen and oxygen atoms in total. The van der Waals surface area contributed by atoms with Crippen molar-refractivity contribution in [1.29, 1.82) is 0 Å². The number of rotatable bonds is 3. The molecule has 27 heavy (non-hydrogen) atoms. The van der Waals surface area contributed by atoms with Gasteiger partial charge in [-0.2, -0.15) is 0 Å². The quantitative estimate of drug-likeness (QED) is 0.628. The molecule has 2 heterocycles. The fourth-order valence-corrected chi connectivity index (χ4v) is 4.01. The predicted octanol–water partition coefficient (Wildman–Crippen LogP) is 5.00. The van der Waals surface area contributed by atoms with Gasteiger partial charge < -0.3 is 15.2 Å². The zero-order valence-electron chi connectivity index (χ0n) is 15.7. The first-order valence-electron chi connectivity index (χ1n) is 9.28. The number of H-pyrrole nitrogens is 1. The Kier molecular flexibility index (Phi) is 5.07. The van der Waals surface area contributed by atoms with Crippen molar-refractivity contribution < 1.29 is 4.79 Å². The van der Waals surface area contributed by atoms with Gasteiger partial charge in [0.25, 0.3) is 0 Å². The number of carbonyl (C=O) groups excluding carboxylic acids is 1. The number of benzene rings is 2. The van der Waals surface area contributed by atoms with E-state index in [1.165, 1.54) is 10.5 Å². The van der Waals surface area contributed by atoms with Crippen LogP contribution in [0.3, 0.4) is 0 Å². The second kappa shape index (κ2) is 7.64. The normalized spacial score (nSPS) is 17.3. The molecule has 4 rings (SSSR count). The van der Waals surface area contributed by atoms with Crippen molar-refractivity contribution in [3.63, 3.8) is 0 Å². The van der Waals surface area contributed by atoms with Gasteiger partial charge in [0.05, 0.1) is 11.0 Å². The number of nitrogens with one attached hydrogen (secondary N) is 2. The first kappa shape index (κ1) is 17.9. The Morgan fingerprint density at radius 3 is 2.85 bits per heavy atom. The molecule has 2 N–H and O–H groups in total. The van der Waals surface area contributed by atoms with Crippen molar-refractivity contribution in [2.24, 2.45) is 0 Å². The monoisotopic (exact) mass is 380 g/mol. The molecule has 6 heteroatoms. The van der Waals surface area contributed by atoms with E-state index in [0.717, 1.165) is 41.9 Å². The summed E-state index contributed by atoms with van der Waals surface area (Å²) in [4.78, 5) is 24.0. The molecule has 140 valence electrons. The maximum Gasteiger partial charge on any atom is 0.321 e. The molecule has 2 aromatic carbocycles. The van der Waals surface area contributed by atoms with Crippen LogP contribution in [0.25, 0.3) is 11.0 Å². The van der Waals surface area contributed by atoms with E-state index in [4.69, 9.17) is 4.98 Å². The molecule has 1 aromatic heterocycles. The molecular formula is C21H24N4OS. The van der Waals surface area contributed by atoms with Gasteiger partial charge in [0.15, 0.2) is 0 Å². The van der Waals surface area contributed by atoms with Gasteiger partial charge in [0.1, 0.15) is 5.82 Å². The van der Waals surface area contributed by atoms with Gasteiger partial charge in [-0.15, -0.1) is 11.8 Å². The van der Waals surface area contributed by atoms with E-state index in [2.05, 4.69) is 35.4 Å². The number of amides is 2. The molecule has 1 fully saturated rings. The number of aromatic nitrogens is 2. The third kappa shape index (κ3) is 3.95. The minimum Gasteiger partial charge on any atom is -0.342 e. The van der Waals surface area contributed by atoms with Crippen LogP contribution in [-0.2, 0) is 0 Å². The van der Waals surface area contributed by atoms with Crippen molar-refractivity contribution in [2.45, 2.75) is 30.6 Å². The van der Waals surface area contributed by atoms with Crippen molar-refractivity contribution in [3.8, 4) is 0 Å².